The Bertz CT molecular complexity index is 1500. The van der Waals surface area contributed by atoms with E-state index in [0.29, 0.717) is 23.9 Å². The van der Waals surface area contributed by atoms with Gasteiger partial charge in [-0.25, -0.2) is 0 Å². The molecule has 2 aromatic carbocycles. The first kappa shape index (κ1) is 30.8. The number of alkyl halides is 1. The van der Waals surface area contributed by atoms with Crippen molar-refractivity contribution in [3.63, 3.8) is 0 Å². The summed E-state index contributed by atoms with van der Waals surface area (Å²) >= 11 is 2.94. The number of rotatable bonds is 2. The van der Waals surface area contributed by atoms with Crippen LogP contribution in [0.4, 0.5) is 0 Å². The van der Waals surface area contributed by atoms with E-state index in [1.54, 1.807) is 14.2 Å². The van der Waals surface area contributed by atoms with Crippen molar-refractivity contribution in [1.29, 1.82) is 0 Å². The number of hydrogen-bond donors (Lipinski definition) is 2. The molecule has 2 saturated heterocycles. The van der Waals surface area contributed by atoms with Gasteiger partial charge in [0.25, 0.3) is 0 Å². The molecule has 246 valence electrons. The van der Waals surface area contributed by atoms with Gasteiger partial charge in [0.1, 0.15) is 24.4 Å². The van der Waals surface area contributed by atoms with Crippen molar-refractivity contribution in [2.75, 3.05) is 47.2 Å². The van der Waals surface area contributed by atoms with Gasteiger partial charge in [0.05, 0.1) is 14.2 Å². The van der Waals surface area contributed by atoms with E-state index < -0.39 is 12.2 Å². The fourth-order valence-corrected chi connectivity index (χ4v) is 10.8. The Hall–Kier alpha value is -2.56. The molecule has 0 amide bonds. The molecule has 10 atom stereocenters. The van der Waals surface area contributed by atoms with Crippen molar-refractivity contribution >= 4 is 15.9 Å². The van der Waals surface area contributed by atoms with Crippen LogP contribution in [0.25, 0.3) is 0 Å². The van der Waals surface area contributed by atoms with Gasteiger partial charge in [0.15, 0.2) is 23.0 Å². The third kappa shape index (κ3) is 3.81. The van der Waals surface area contributed by atoms with E-state index in [4.69, 9.17) is 18.9 Å². The minimum atomic E-state index is -0.539. The first-order valence-electron chi connectivity index (χ1n) is 16.6. The number of aliphatic hydroxyl groups excluding tert-OH is 2. The summed E-state index contributed by atoms with van der Waals surface area (Å²) < 4.78 is 23.7. The van der Waals surface area contributed by atoms with E-state index in [2.05, 4.69) is 64.1 Å². The largest absolute Gasteiger partial charge is 0.493 e. The molecular weight excluding hydrogens is 648 g/mol. The highest BCUT2D eigenvalue weighted by molar-refractivity contribution is 9.08. The number of hydrogen-bond acceptors (Lipinski definition) is 8. The third-order valence-corrected chi connectivity index (χ3v) is 12.7. The lowest BCUT2D eigenvalue weighted by molar-refractivity contribution is -0.0453. The highest BCUT2D eigenvalue weighted by Crippen LogP contribution is 2.64. The van der Waals surface area contributed by atoms with E-state index in [0.717, 1.165) is 61.8 Å². The second-order valence-corrected chi connectivity index (χ2v) is 14.2. The maximum Gasteiger partial charge on any atom is 0.165 e. The van der Waals surface area contributed by atoms with Gasteiger partial charge >= 0.3 is 0 Å². The number of likely N-dealkylation sites (tertiary alicyclic amines) is 2. The molecule has 2 N–H and O–H groups in total. The van der Waals surface area contributed by atoms with Gasteiger partial charge in [-0.3, -0.25) is 0 Å². The number of likely N-dealkylation sites (N-methyl/N-ethyl adjacent to an activating group) is 2. The molecule has 2 spiro atoms. The highest BCUT2D eigenvalue weighted by atomic mass is 79.9. The van der Waals surface area contributed by atoms with E-state index in [9.17, 15) is 10.2 Å². The van der Waals surface area contributed by atoms with Crippen molar-refractivity contribution < 1.29 is 29.2 Å². The number of methoxy groups -OCH3 is 2. The van der Waals surface area contributed by atoms with Crippen molar-refractivity contribution in [3.05, 3.63) is 70.8 Å². The van der Waals surface area contributed by atoms with Crippen LogP contribution in [0, 0.1) is 11.8 Å². The Balaban J connectivity index is 0.000000129. The fourth-order valence-electron chi connectivity index (χ4n) is 10.8. The Morgan fingerprint density at radius 3 is 1.50 bits per heavy atom. The van der Waals surface area contributed by atoms with Crippen LogP contribution in [0.5, 0.6) is 23.0 Å². The molecule has 9 heteroatoms. The van der Waals surface area contributed by atoms with Crippen LogP contribution in [-0.4, -0.2) is 104 Å². The highest BCUT2D eigenvalue weighted by Gasteiger charge is 2.65. The molecule has 4 heterocycles. The molecule has 46 heavy (non-hydrogen) atoms. The number of halogens is 1. The van der Waals surface area contributed by atoms with Gasteiger partial charge in [0.2, 0.25) is 0 Å². The summed E-state index contributed by atoms with van der Waals surface area (Å²) in [6.45, 7) is 2.11. The summed E-state index contributed by atoms with van der Waals surface area (Å²) in [5.41, 5.74) is 5.21. The van der Waals surface area contributed by atoms with Crippen LogP contribution in [0.2, 0.25) is 0 Å². The van der Waals surface area contributed by atoms with Gasteiger partial charge in [0, 0.05) is 45.9 Å². The normalized spacial score (nSPS) is 39.4. The Labute approximate surface area is 280 Å². The van der Waals surface area contributed by atoms with Crippen molar-refractivity contribution in [2.24, 2.45) is 11.8 Å². The summed E-state index contributed by atoms with van der Waals surface area (Å²) in [5, 5.41) is 21.1. The Kier molecular flexibility index (Phi) is 7.35. The second kappa shape index (κ2) is 11.0. The molecule has 2 fully saturated rings. The topological polar surface area (TPSA) is 83.9 Å². The number of ether oxygens (including phenoxy) is 4. The van der Waals surface area contributed by atoms with E-state index in [1.165, 1.54) is 22.3 Å². The number of aliphatic hydroxyl groups is 2. The predicted octanol–water partition coefficient (Wildman–Crippen LogP) is 4.01. The first-order chi connectivity index (χ1) is 22.3. The molecule has 0 aromatic heterocycles. The monoisotopic (exact) mass is 692 g/mol. The van der Waals surface area contributed by atoms with Crippen molar-refractivity contribution in [1.82, 2.24) is 9.80 Å². The zero-order chi connectivity index (χ0) is 32.1. The summed E-state index contributed by atoms with van der Waals surface area (Å²) in [5.74, 6) is 5.99. The zero-order valence-corrected chi connectivity index (χ0v) is 28.9. The molecule has 4 aliphatic heterocycles. The number of nitrogens with zero attached hydrogens (tertiary/aromatic N) is 2. The Morgan fingerprint density at radius 2 is 1.11 bits per heavy atom. The third-order valence-electron chi connectivity index (χ3n) is 12.7. The maximum atomic E-state index is 10.6. The first-order valence-corrected chi connectivity index (χ1v) is 18.2. The van der Waals surface area contributed by atoms with Gasteiger partial charge in [-0.2, -0.15) is 0 Å². The van der Waals surface area contributed by atoms with Crippen LogP contribution >= 0.6 is 15.9 Å². The Morgan fingerprint density at radius 1 is 0.696 bits per heavy atom. The summed E-state index contributed by atoms with van der Waals surface area (Å²) in [7, 11) is 7.81. The SMILES string of the molecule is CBr.COc1ccc2c3c1O[C@H]1[C@@H](O)C=C[C@H]4[C@@H](C2)N(C)CC[C@@]341.COc1ccc2c3c1O[C@H]1[C@@H](O)C=C[C@H]4[C@@H](C2)N(C)CC[C@@]341. The lowest BCUT2D eigenvalue weighted by Crippen LogP contribution is -2.64. The smallest absolute Gasteiger partial charge is 0.165 e. The lowest BCUT2D eigenvalue weighted by Gasteiger charge is -2.56. The fraction of sp³-hybridized carbons (Fsp3) is 0.568. The van der Waals surface area contributed by atoms with Crippen LogP contribution in [-0.2, 0) is 23.7 Å². The molecule has 10 rings (SSSR count). The van der Waals surface area contributed by atoms with Crippen LogP contribution in [0.15, 0.2) is 48.6 Å². The average Bonchev–Trinajstić information content (AvgIpc) is 3.62. The van der Waals surface area contributed by atoms with Crippen LogP contribution in [0.3, 0.4) is 0 Å². The maximum absolute atomic E-state index is 10.6. The van der Waals surface area contributed by atoms with Crippen LogP contribution in [0.1, 0.15) is 35.1 Å². The molecule has 8 aliphatic rings. The number of benzene rings is 2. The minimum Gasteiger partial charge on any atom is -0.493 e. The average molecular weight is 694 g/mol. The summed E-state index contributed by atoms with van der Waals surface area (Å²) in [6.07, 6.45) is 11.1. The lowest BCUT2D eigenvalue weighted by atomic mass is 9.53. The number of piperidine rings is 2. The van der Waals surface area contributed by atoms with Gasteiger partial charge in [-0.05, 0) is 82.0 Å². The van der Waals surface area contributed by atoms with E-state index >= 15 is 0 Å². The molecule has 0 radical (unpaired) electrons. The van der Waals surface area contributed by atoms with Gasteiger partial charge in [-0.15, -0.1) is 0 Å². The zero-order valence-electron chi connectivity index (χ0n) is 27.3. The van der Waals surface area contributed by atoms with Gasteiger partial charge < -0.3 is 39.0 Å². The quantitative estimate of drug-likeness (QED) is 0.361. The minimum absolute atomic E-state index is 0.0806. The molecule has 4 bridgehead atoms. The van der Waals surface area contributed by atoms with Gasteiger partial charge in [-0.1, -0.05) is 52.4 Å². The van der Waals surface area contributed by atoms with E-state index in [1.807, 2.05) is 30.1 Å². The molecule has 2 aromatic rings. The van der Waals surface area contributed by atoms with E-state index in [-0.39, 0.29) is 23.0 Å². The molecule has 0 unspecified atom stereocenters. The summed E-state index contributed by atoms with van der Waals surface area (Å²) in [6, 6.07) is 9.40. The second-order valence-electron chi connectivity index (χ2n) is 14.2. The molecular formula is C37H45BrN2O6. The predicted molar refractivity (Wildman–Crippen MR) is 180 cm³/mol. The molecule has 8 nitrogen and oxygen atoms in total. The van der Waals surface area contributed by atoms with Crippen molar-refractivity contribution in [3.8, 4) is 23.0 Å². The molecule has 0 saturated carbocycles. The summed E-state index contributed by atoms with van der Waals surface area (Å²) in [4.78, 5) is 4.94. The molecule has 4 aliphatic carbocycles. The van der Waals surface area contributed by atoms with Crippen LogP contribution < -0.4 is 18.9 Å². The van der Waals surface area contributed by atoms with Crippen molar-refractivity contribution in [2.45, 2.75) is 73.0 Å². The standard InChI is InChI=1S/2C18H21NO3.CH3Br/c2*1-19-8-7-18-11-4-5-13(20)17(18)22-16-14(21-2)6-3-10(15(16)18)9-12(11)19;1-2/h2*3-6,11-13,17,20H,7-9H2,1-2H3;1H3/t2*11-,12+,13-,17-,18-;/m00./s1.